The maximum atomic E-state index is 12.9. The van der Waals surface area contributed by atoms with E-state index in [0.29, 0.717) is 11.3 Å². The smallest absolute Gasteiger partial charge is 0.304 e. The summed E-state index contributed by atoms with van der Waals surface area (Å²) in [7, 11) is 1.61. The van der Waals surface area contributed by atoms with Crippen LogP contribution in [0, 0.1) is 6.92 Å². The van der Waals surface area contributed by atoms with Crippen LogP contribution in [0.4, 0.5) is 0 Å². The van der Waals surface area contributed by atoms with Crippen molar-refractivity contribution in [2.45, 2.75) is 19.0 Å². The van der Waals surface area contributed by atoms with E-state index in [9.17, 15) is 9.59 Å². The first kappa shape index (κ1) is 20.3. The lowest BCUT2D eigenvalue weighted by Crippen LogP contribution is -2.42. The molecular formula is C25H24N3O3+. The number of hydrogen-bond acceptors (Lipinski definition) is 3. The summed E-state index contributed by atoms with van der Waals surface area (Å²) in [6, 6.07) is 23.2. The predicted molar refractivity (Wildman–Crippen MR) is 118 cm³/mol. The van der Waals surface area contributed by atoms with Gasteiger partial charge in [-0.2, -0.15) is 0 Å². The number of nitrogens with one attached hydrogen (secondary N) is 2. The zero-order valence-corrected chi connectivity index (χ0v) is 17.4. The molecule has 3 aromatic carbocycles. The van der Waals surface area contributed by atoms with Crippen LogP contribution in [-0.2, 0) is 4.79 Å². The zero-order valence-electron chi connectivity index (χ0n) is 17.4. The number of hydrazone groups is 1. The maximum Gasteiger partial charge on any atom is 0.304 e. The minimum absolute atomic E-state index is 0.277. The van der Waals surface area contributed by atoms with Gasteiger partial charge in [-0.15, -0.1) is 10.1 Å². The van der Waals surface area contributed by atoms with Crippen LogP contribution in [0.3, 0.4) is 0 Å². The Kier molecular flexibility index (Phi) is 5.80. The summed E-state index contributed by atoms with van der Waals surface area (Å²) in [5.74, 6) is 0.120. The van der Waals surface area contributed by atoms with E-state index in [0.717, 1.165) is 16.7 Å². The predicted octanol–water partition coefficient (Wildman–Crippen LogP) is 3.02. The highest BCUT2D eigenvalue weighted by molar-refractivity contribution is 5.98. The van der Waals surface area contributed by atoms with Gasteiger partial charge in [0.2, 0.25) is 12.3 Å². The Balaban J connectivity index is 1.73. The number of ether oxygens (including phenoxy) is 1. The third-order valence-electron chi connectivity index (χ3n) is 5.30. The van der Waals surface area contributed by atoms with Crippen molar-refractivity contribution in [2.24, 2.45) is 0 Å². The van der Waals surface area contributed by atoms with Gasteiger partial charge in [-0.25, -0.2) is 0 Å². The highest BCUT2D eigenvalue weighted by Crippen LogP contribution is 2.26. The number of benzene rings is 3. The molecule has 1 saturated heterocycles. The molecule has 1 aliphatic rings. The van der Waals surface area contributed by atoms with Gasteiger partial charge in [-0.1, -0.05) is 60.2 Å². The van der Waals surface area contributed by atoms with Crippen molar-refractivity contribution < 1.29 is 19.0 Å². The molecule has 156 valence electrons. The van der Waals surface area contributed by atoms with Crippen molar-refractivity contribution in [3.8, 4) is 5.75 Å². The molecule has 2 amide bonds. The number of carbonyl (C=O) groups excluding carboxylic acids is 2. The van der Waals surface area contributed by atoms with Gasteiger partial charge in [0.05, 0.1) is 12.7 Å². The lowest BCUT2D eigenvalue weighted by Gasteiger charge is -2.15. The molecule has 0 aromatic heterocycles. The Morgan fingerprint density at radius 3 is 2.39 bits per heavy atom. The maximum absolute atomic E-state index is 12.9. The van der Waals surface area contributed by atoms with Gasteiger partial charge in [0, 0.05) is 11.1 Å². The summed E-state index contributed by atoms with van der Waals surface area (Å²) < 4.78 is 7.18. The topological polar surface area (TPSA) is 70.4 Å². The standard InChI is InChI=1S/C25H23N3O3/c1-17-12-14-18(15-13-17)23-22(26-24(29)19-8-4-3-5-9-19)25(30)27-28(23)16-20-10-6-7-11-21(20)31-2/h3-16,22-23H,1-2H3,(H-,26,27,29,30)/p+1/b28-16-/t22-,23+/m0/s1. The van der Waals surface area contributed by atoms with Crippen LogP contribution in [0.15, 0.2) is 78.9 Å². The number of amides is 2. The average Bonchev–Trinajstić information content (AvgIpc) is 3.09. The normalized spacial score (nSPS) is 19.2. The van der Waals surface area contributed by atoms with Gasteiger partial charge in [0.25, 0.3) is 5.91 Å². The Morgan fingerprint density at radius 2 is 1.68 bits per heavy atom. The van der Waals surface area contributed by atoms with E-state index in [4.69, 9.17) is 4.74 Å². The lowest BCUT2D eigenvalue weighted by atomic mass is 9.98. The highest BCUT2D eigenvalue weighted by atomic mass is 16.5. The fraction of sp³-hybridized carbons (Fsp3) is 0.160. The number of methoxy groups -OCH3 is 1. The molecule has 0 aliphatic carbocycles. The molecule has 1 fully saturated rings. The van der Waals surface area contributed by atoms with Crippen molar-refractivity contribution in [2.75, 3.05) is 7.11 Å². The van der Waals surface area contributed by atoms with Crippen LogP contribution < -0.4 is 15.5 Å². The van der Waals surface area contributed by atoms with Crippen LogP contribution in [0.2, 0.25) is 0 Å². The molecule has 2 N–H and O–H groups in total. The number of nitrogens with zero attached hydrogens (tertiary/aromatic N) is 1. The molecule has 0 saturated carbocycles. The Morgan fingerprint density at radius 1 is 1.00 bits per heavy atom. The van der Waals surface area contributed by atoms with Crippen molar-refractivity contribution >= 4 is 18.0 Å². The molecule has 2 atom stereocenters. The minimum Gasteiger partial charge on any atom is -0.496 e. The molecule has 1 aliphatic heterocycles. The quantitative estimate of drug-likeness (QED) is 0.631. The molecule has 0 unspecified atom stereocenters. The first-order valence-corrected chi connectivity index (χ1v) is 10.1. The fourth-order valence-electron chi connectivity index (χ4n) is 3.68. The Bertz CT molecular complexity index is 1120. The first-order chi connectivity index (χ1) is 15.1. The molecule has 0 spiro atoms. The molecule has 31 heavy (non-hydrogen) atoms. The van der Waals surface area contributed by atoms with E-state index in [2.05, 4.69) is 10.7 Å². The minimum atomic E-state index is -0.763. The fourth-order valence-corrected chi connectivity index (χ4v) is 3.68. The lowest BCUT2D eigenvalue weighted by molar-refractivity contribution is -0.596. The summed E-state index contributed by atoms with van der Waals surface area (Å²) in [6.07, 6.45) is 1.83. The number of hydrogen-bond donors (Lipinski definition) is 2. The van der Waals surface area contributed by atoms with E-state index in [1.165, 1.54) is 0 Å². The van der Waals surface area contributed by atoms with E-state index in [1.54, 1.807) is 36.1 Å². The van der Waals surface area contributed by atoms with Gasteiger partial charge in [-0.05, 0) is 31.2 Å². The first-order valence-electron chi connectivity index (χ1n) is 10.1. The van der Waals surface area contributed by atoms with Gasteiger partial charge in [0.1, 0.15) is 5.75 Å². The van der Waals surface area contributed by atoms with Crippen LogP contribution in [-0.4, -0.2) is 35.9 Å². The molecular weight excluding hydrogens is 390 g/mol. The van der Waals surface area contributed by atoms with Gasteiger partial charge in [-0.3, -0.25) is 9.59 Å². The van der Waals surface area contributed by atoms with E-state index in [-0.39, 0.29) is 11.8 Å². The SMILES string of the molecule is COc1ccccc1/C=[N+]1\NC(=O)[C@@H](NC(=O)c2ccccc2)[C@H]1c1ccc(C)cc1. The molecule has 4 rings (SSSR count). The number of rotatable bonds is 5. The van der Waals surface area contributed by atoms with E-state index >= 15 is 0 Å². The molecule has 3 aromatic rings. The van der Waals surface area contributed by atoms with Crippen molar-refractivity contribution in [1.82, 2.24) is 10.7 Å². The largest absolute Gasteiger partial charge is 0.496 e. The summed E-state index contributed by atoms with van der Waals surface area (Å²) >= 11 is 0. The van der Waals surface area contributed by atoms with Crippen molar-refractivity contribution in [3.05, 3.63) is 101 Å². The number of aryl methyl sites for hydroxylation is 1. The van der Waals surface area contributed by atoms with Crippen LogP contribution in [0.5, 0.6) is 5.75 Å². The molecule has 1 heterocycles. The number of para-hydroxylation sites is 1. The monoisotopic (exact) mass is 414 g/mol. The summed E-state index contributed by atoms with van der Waals surface area (Å²) in [5, 5.41) is 2.91. The highest BCUT2D eigenvalue weighted by Gasteiger charge is 2.47. The Hall–Kier alpha value is -3.93. The molecule has 0 bridgehead atoms. The molecule has 6 nitrogen and oxygen atoms in total. The molecule has 6 heteroatoms. The van der Waals surface area contributed by atoms with Crippen LogP contribution in [0.25, 0.3) is 0 Å². The second-order valence-electron chi connectivity index (χ2n) is 7.43. The van der Waals surface area contributed by atoms with Crippen molar-refractivity contribution in [3.63, 3.8) is 0 Å². The van der Waals surface area contributed by atoms with Gasteiger partial charge >= 0.3 is 5.91 Å². The molecule has 0 radical (unpaired) electrons. The number of hydrazine groups is 1. The average molecular weight is 414 g/mol. The summed E-state index contributed by atoms with van der Waals surface area (Å²) in [6.45, 7) is 2.01. The second-order valence-corrected chi connectivity index (χ2v) is 7.43. The van der Waals surface area contributed by atoms with E-state index < -0.39 is 12.1 Å². The van der Waals surface area contributed by atoms with Crippen LogP contribution in [0.1, 0.15) is 33.1 Å². The van der Waals surface area contributed by atoms with Gasteiger partial charge in [0.15, 0.2) is 6.04 Å². The second kappa shape index (κ2) is 8.83. The van der Waals surface area contributed by atoms with E-state index in [1.807, 2.05) is 67.7 Å². The third kappa shape index (κ3) is 4.33. The van der Waals surface area contributed by atoms with Gasteiger partial charge < -0.3 is 10.1 Å². The summed E-state index contributed by atoms with van der Waals surface area (Å²) in [5.41, 5.74) is 6.24. The Labute approximate surface area is 181 Å². The van der Waals surface area contributed by atoms with Crippen molar-refractivity contribution in [1.29, 1.82) is 0 Å². The summed E-state index contributed by atoms with van der Waals surface area (Å²) in [4.78, 5) is 25.7. The zero-order chi connectivity index (χ0) is 21.8. The third-order valence-corrected chi connectivity index (χ3v) is 5.30. The number of carbonyl (C=O) groups is 2. The van der Waals surface area contributed by atoms with Crippen LogP contribution >= 0.6 is 0 Å².